The van der Waals surface area contributed by atoms with Gasteiger partial charge in [-0.25, -0.2) is 4.39 Å². The van der Waals surface area contributed by atoms with Crippen molar-refractivity contribution in [2.75, 3.05) is 13.6 Å². The molecule has 1 N–H and O–H groups in total. The van der Waals surface area contributed by atoms with Crippen LogP contribution in [0.5, 0.6) is 0 Å². The maximum Gasteiger partial charge on any atom is 0.222 e. The first-order valence-corrected chi connectivity index (χ1v) is 6.80. The summed E-state index contributed by atoms with van der Waals surface area (Å²) >= 11 is 5.79. The molecule has 1 saturated heterocycles. The van der Waals surface area contributed by atoms with Crippen molar-refractivity contribution in [3.8, 4) is 0 Å². The number of hydrogen-bond donors (Lipinski definition) is 1. The van der Waals surface area contributed by atoms with Crippen molar-refractivity contribution < 1.29 is 9.18 Å². The number of carbonyl (C=O) groups is 1. The van der Waals surface area contributed by atoms with Crippen LogP contribution in [0.15, 0.2) is 18.2 Å². The third kappa shape index (κ3) is 3.45. The van der Waals surface area contributed by atoms with Gasteiger partial charge in [0.2, 0.25) is 5.91 Å². The highest BCUT2D eigenvalue weighted by Crippen LogP contribution is 2.22. The summed E-state index contributed by atoms with van der Waals surface area (Å²) in [7, 11) is 1.82. The molecule has 104 valence electrons. The Morgan fingerprint density at radius 2 is 2.26 bits per heavy atom. The van der Waals surface area contributed by atoms with Gasteiger partial charge in [-0.2, -0.15) is 0 Å². The lowest BCUT2D eigenvalue weighted by Crippen LogP contribution is -2.47. The first-order chi connectivity index (χ1) is 8.97. The van der Waals surface area contributed by atoms with Crippen molar-refractivity contribution in [2.45, 2.75) is 31.8 Å². The van der Waals surface area contributed by atoms with Crippen LogP contribution in [0.4, 0.5) is 4.39 Å². The summed E-state index contributed by atoms with van der Waals surface area (Å²) in [5.74, 6) is -0.212. The molecule has 0 bridgehead atoms. The van der Waals surface area contributed by atoms with Crippen molar-refractivity contribution in [3.05, 3.63) is 34.6 Å². The average Bonchev–Trinajstić information content (AvgIpc) is 2.37. The summed E-state index contributed by atoms with van der Waals surface area (Å²) < 4.78 is 13.1. The molecular weight excluding hydrogens is 267 g/mol. The summed E-state index contributed by atoms with van der Waals surface area (Å²) in [5, 5.41) is 3.60. The standard InChI is InChI=1S/C14H18ClFN2O/c1-9(10-3-5-13(16)12(15)7-10)17-11-4-6-14(19)18(2)8-11/h3,5,7,9,11,17H,4,6,8H2,1-2H3. The average molecular weight is 285 g/mol. The van der Waals surface area contributed by atoms with E-state index >= 15 is 0 Å². The molecule has 1 aromatic rings. The maximum absolute atomic E-state index is 13.1. The highest BCUT2D eigenvalue weighted by atomic mass is 35.5. The van der Waals surface area contributed by atoms with Gasteiger partial charge in [0, 0.05) is 32.1 Å². The van der Waals surface area contributed by atoms with E-state index in [-0.39, 0.29) is 23.0 Å². The van der Waals surface area contributed by atoms with E-state index in [0.717, 1.165) is 12.0 Å². The van der Waals surface area contributed by atoms with E-state index < -0.39 is 5.82 Å². The largest absolute Gasteiger partial charge is 0.344 e. The summed E-state index contributed by atoms with van der Waals surface area (Å²) in [4.78, 5) is 13.2. The van der Waals surface area contributed by atoms with Crippen LogP contribution in [0.25, 0.3) is 0 Å². The monoisotopic (exact) mass is 284 g/mol. The van der Waals surface area contributed by atoms with Crippen molar-refractivity contribution >= 4 is 17.5 Å². The van der Waals surface area contributed by atoms with E-state index in [1.165, 1.54) is 6.07 Å². The van der Waals surface area contributed by atoms with E-state index in [1.54, 1.807) is 17.0 Å². The minimum absolute atomic E-state index is 0.0738. The van der Waals surface area contributed by atoms with E-state index in [4.69, 9.17) is 11.6 Å². The quantitative estimate of drug-likeness (QED) is 0.926. The van der Waals surface area contributed by atoms with Crippen LogP contribution in [0, 0.1) is 5.82 Å². The Bertz CT molecular complexity index is 481. The van der Waals surface area contributed by atoms with Gasteiger partial charge in [0.05, 0.1) is 5.02 Å². The molecule has 1 aliphatic rings. The lowest BCUT2D eigenvalue weighted by molar-refractivity contribution is -0.132. The minimum atomic E-state index is -0.402. The zero-order chi connectivity index (χ0) is 14.0. The predicted octanol–water partition coefficient (Wildman–Crippen LogP) is 2.75. The van der Waals surface area contributed by atoms with Crippen LogP contribution >= 0.6 is 11.6 Å². The van der Waals surface area contributed by atoms with Gasteiger partial charge in [-0.15, -0.1) is 0 Å². The number of nitrogens with zero attached hydrogens (tertiary/aromatic N) is 1. The normalized spacial score (nSPS) is 21.6. The molecule has 5 heteroatoms. The zero-order valence-corrected chi connectivity index (χ0v) is 11.9. The van der Waals surface area contributed by atoms with Crippen LogP contribution < -0.4 is 5.32 Å². The molecule has 2 rings (SSSR count). The summed E-state index contributed by atoms with van der Waals surface area (Å²) in [6.07, 6.45) is 1.41. The highest BCUT2D eigenvalue weighted by Gasteiger charge is 2.24. The van der Waals surface area contributed by atoms with Crippen LogP contribution in [0.3, 0.4) is 0 Å². The number of halogens is 2. The smallest absolute Gasteiger partial charge is 0.222 e. The second-order valence-corrected chi connectivity index (χ2v) is 5.48. The molecule has 1 fully saturated rings. The van der Waals surface area contributed by atoms with Crippen LogP contribution in [0.1, 0.15) is 31.4 Å². The van der Waals surface area contributed by atoms with E-state index in [1.807, 2.05) is 14.0 Å². The van der Waals surface area contributed by atoms with Crippen molar-refractivity contribution in [2.24, 2.45) is 0 Å². The molecule has 19 heavy (non-hydrogen) atoms. The fourth-order valence-electron chi connectivity index (χ4n) is 2.38. The molecule has 1 aliphatic heterocycles. The Labute approximate surface area is 117 Å². The van der Waals surface area contributed by atoms with Gasteiger partial charge in [-0.1, -0.05) is 17.7 Å². The van der Waals surface area contributed by atoms with Crippen molar-refractivity contribution in [3.63, 3.8) is 0 Å². The second-order valence-electron chi connectivity index (χ2n) is 5.07. The van der Waals surface area contributed by atoms with Gasteiger partial charge in [-0.05, 0) is 31.0 Å². The number of likely N-dealkylation sites (N-methyl/N-ethyl adjacent to an activating group) is 1. The maximum atomic E-state index is 13.1. The number of likely N-dealkylation sites (tertiary alicyclic amines) is 1. The van der Waals surface area contributed by atoms with Gasteiger partial charge in [0.25, 0.3) is 0 Å². The van der Waals surface area contributed by atoms with Gasteiger partial charge in [0.15, 0.2) is 0 Å². The SMILES string of the molecule is CC(NC1CCC(=O)N(C)C1)c1ccc(F)c(Cl)c1. The van der Waals surface area contributed by atoms with Crippen molar-refractivity contribution in [1.29, 1.82) is 0 Å². The molecule has 2 atom stereocenters. The molecule has 0 spiro atoms. The zero-order valence-electron chi connectivity index (χ0n) is 11.1. The van der Waals surface area contributed by atoms with Crippen LogP contribution in [0.2, 0.25) is 5.02 Å². The number of piperidine rings is 1. The number of benzene rings is 1. The lowest BCUT2D eigenvalue weighted by Gasteiger charge is -2.32. The summed E-state index contributed by atoms with van der Waals surface area (Å²) in [6, 6.07) is 5.10. The molecular formula is C14H18ClFN2O. The molecule has 0 aliphatic carbocycles. The predicted molar refractivity (Wildman–Crippen MR) is 73.6 cm³/mol. The Morgan fingerprint density at radius 1 is 1.53 bits per heavy atom. The fourth-order valence-corrected chi connectivity index (χ4v) is 2.57. The van der Waals surface area contributed by atoms with Gasteiger partial charge in [-0.3, -0.25) is 4.79 Å². The van der Waals surface area contributed by atoms with Gasteiger partial charge >= 0.3 is 0 Å². The van der Waals surface area contributed by atoms with Crippen molar-refractivity contribution in [1.82, 2.24) is 10.2 Å². The van der Waals surface area contributed by atoms with Crippen LogP contribution in [-0.4, -0.2) is 30.4 Å². The second kappa shape index (κ2) is 5.88. The Hall–Kier alpha value is -1.13. The third-order valence-electron chi connectivity index (χ3n) is 3.56. The summed E-state index contributed by atoms with van der Waals surface area (Å²) in [6.45, 7) is 2.72. The Morgan fingerprint density at radius 3 is 2.89 bits per heavy atom. The molecule has 1 heterocycles. The van der Waals surface area contributed by atoms with E-state index in [2.05, 4.69) is 5.32 Å². The fraction of sp³-hybridized carbons (Fsp3) is 0.500. The first-order valence-electron chi connectivity index (χ1n) is 6.42. The number of hydrogen-bond acceptors (Lipinski definition) is 2. The lowest BCUT2D eigenvalue weighted by atomic mass is 10.0. The number of rotatable bonds is 3. The summed E-state index contributed by atoms with van der Waals surface area (Å²) in [5.41, 5.74) is 0.950. The molecule has 0 radical (unpaired) electrons. The molecule has 1 aromatic carbocycles. The van der Waals surface area contributed by atoms with Gasteiger partial charge < -0.3 is 10.2 Å². The minimum Gasteiger partial charge on any atom is -0.344 e. The van der Waals surface area contributed by atoms with E-state index in [9.17, 15) is 9.18 Å². The third-order valence-corrected chi connectivity index (χ3v) is 3.85. The molecule has 0 aromatic heterocycles. The molecule has 1 amide bonds. The first kappa shape index (κ1) is 14.3. The van der Waals surface area contributed by atoms with E-state index in [0.29, 0.717) is 13.0 Å². The highest BCUT2D eigenvalue weighted by molar-refractivity contribution is 6.30. The number of carbonyl (C=O) groups excluding carboxylic acids is 1. The molecule has 2 unspecified atom stereocenters. The Kier molecular flexibility index (Phi) is 4.42. The number of nitrogens with one attached hydrogen (secondary N) is 1. The van der Waals surface area contributed by atoms with Gasteiger partial charge in [0.1, 0.15) is 5.82 Å². The van der Waals surface area contributed by atoms with Crippen LogP contribution in [-0.2, 0) is 4.79 Å². The molecule has 0 saturated carbocycles. The topological polar surface area (TPSA) is 32.3 Å². The number of amides is 1. The Balaban J connectivity index is 1.98. The molecule has 3 nitrogen and oxygen atoms in total.